The third-order valence-electron chi connectivity index (χ3n) is 2.22. The molecule has 0 aliphatic carbocycles. The highest BCUT2D eigenvalue weighted by molar-refractivity contribution is 5.76. The molecule has 6 nitrogen and oxygen atoms in total. The first-order valence-corrected chi connectivity index (χ1v) is 5.53. The number of amides is 1. The van der Waals surface area contributed by atoms with E-state index in [2.05, 4.69) is 22.0 Å². The minimum absolute atomic E-state index is 0.0763. The van der Waals surface area contributed by atoms with Crippen LogP contribution in [0.5, 0.6) is 0 Å². The highest BCUT2D eigenvalue weighted by Crippen LogP contribution is 2.16. The van der Waals surface area contributed by atoms with E-state index in [1.807, 2.05) is 0 Å². The van der Waals surface area contributed by atoms with E-state index in [4.69, 9.17) is 8.94 Å². The third kappa shape index (κ3) is 3.07. The van der Waals surface area contributed by atoms with Gasteiger partial charge in [-0.05, 0) is 12.1 Å². The Morgan fingerprint density at radius 3 is 3.17 bits per heavy atom. The molecule has 2 heterocycles. The Hall–Kier alpha value is -2.37. The predicted molar refractivity (Wildman–Crippen MR) is 63.5 cm³/mol. The average Bonchev–Trinajstić information content (AvgIpc) is 3.03. The molecular weight excluding hydrogens is 234 g/mol. The van der Waals surface area contributed by atoms with E-state index in [0.717, 1.165) is 0 Å². The Morgan fingerprint density at radius 1 is 1.56 bits per heavy atom. The summed E-state index contributed by atoms with van der Waals surface area (Å²) in [6, 6.07) is 3.49. The van der Waals surface area contributed by atoms with Crippen LogP contribution in [0, 0.1) is 0 Å². The zero-order valence-electron chi connectivity index (χ0n) is 9.76. The quantitative estimate of drug-likeness (QED) is 0.783. The van der Waals surface area contributed by atoms with Crippen molar-refractivity contribution in [3.8, 4) is 11.6 Å². The van der Waals surface area contributed by atoms with Crippen LogP contribution in [0.3, 0.4) is 0 Å². The number of hydrogen-bond donors (Lipinski definition) is 1. The minimum atomic E-state index is -0.0763. The normalized spacial score (nSPS) is 10.2. The summed E-state index contributed by atoms with van der Waals surface area (Å²) in [5.41, 5.74) is 0. The average molecular weight is 247 g/mol. The van der Waals surface area contributed by atoms with E-state index in [0.29, 0.717) is 36.9 Å². The maximum absolute atomic E-state index is 11.3. The fraction of sp³-hybridized carbons (Fsp3) is 0.250. The maximum Gasteiger partial charge on any atom is 0.238 e. The summed E-state index contributed by atoms with van der Waals surface area (Å²) in [5.74, 6) is 1.27. The van der Waals surface area contributed by atoms with Gasteiger partial charge in [-0.3, -0.25) is 4.79 Å². The smallest absolute Gasteiger partial charge is 0.238 e. The Labute approximate surface area is 104 Å². The zero-order valence-corrected chi connectivity index (χ0v) is 9.76. The maximum atomic E-state index is 11.3. The molecule has 94 valence electrons. The van der Waals surface area contributed by atoms with Gasteiger partial charge in [-0.15, -0.1) is 6.58 Å². The number of carbonyl (C=O) groups is 1. The van der Waals surface area contributed by atoms with E-state index in [9.17, 15) is 4.79 Å². The molecule has 0 bridgehead atoms. The second kappa shape index (κ2) is 5.81. The Balaban J connectivity index is 1.87. The number of aromatic nitrogens is 2. The van der Waals surface area contributed by atoms with Gasteiger partial charge in [0.05, 0.1) is 6.26 Å². The van der Waals surface area contributed by atoms with Gasteiger partial charge in [0.15, 0.2) is 5.76 Å². The summed E-state index contributed by atoms with van der Waals surface area (Å²) < 4.78 is 10.2. The predicted octanol–water partition coefficient (Wildman–Crippen LogP) is 1.56. The van der Waals surface area contributed by atoms with E-state index >= 15 is 0 Å². The molecule has 2 aromatic rings. The van der Waals surface area contributed by atoms with Gasteiger partial charge in [0.1, 0.15) is 0 Å². The van der Waals surface area contributed by atoms with Gasteiger partial charge >= 0.3 is 0 Å². The monoisotopic (exact) mass is 247 g/mol. The molecular formula is C12H13N3O3. The second-order valence-corrected chi connectivity index (χ2v) is 3.58. The van der Waals surface area contributed by atoms with Crippen molar-refractivity contribution >= 4 is 5.91 Å². The number of nitrogens with one attached hydrogen (secondary N) is 1. The van der Waals surface area contributed by atoms with Crippen LogP contribution in [0.2, 0.25) is 0 Å². The van der Waals surface area contributed by atoms with Crippen LogP contribution in [0.4, 0.5) is 0 Å². The highest BCUT2D eigenvalue weighted by atomic mass is 16.5. The molecule has 0 radical (unpaired) electrons. The molecule has 1 N–H and O–H groups in total. The number of rotatable bonds is 6. The molecule has 1 amide bonds. The van der Waals surface area contributed by atoms with Crippen molar-refractivity contribution in [2.75, 3.05) is 6.54 Å². The largest absolute Gasteiger partial charge is 0.461 e. The second-order valence-electron chi connectivity index (χ2n) is 3.58. The molecule has 0 aromatic carbocycles. The first kappa shape index (κ1) is 12.1. The SMILES string of the molecule is C=CCNC(=O)CCc1nc(-c2ccco2)no1. The van der Waals surface area contributed by atoms with Crippen LogP contribution < -0.4 is 5.32 Å². The lowest BCUT2D eigenvalue weighted by Gasteiger charge is -1.98. The fourth-order valence-electron chi connectivity index (χ4n) is 1.36. The molecule has 0 aliphatic rings. The first-order valence-electron chi connectivity index (χ1n) is 5.53. The van der Waals surface area contributed by atoms with Crippen LogP contribution in [-0.4, -0.2) is 22.6 Å². The van der Waals surface area contributed by atoms with E-state index in [1.54, 1.807) is 18.2 Å². The lowest BCUT2D eigenvalue weighted by molar-refractivity contribution is -0.120. The highest BCUT2D eigenvalue weighted by Gasteiger charge is 2.11. The third-order valence-corrected chi connectivity index (χ3v) is 2.22. The van der Waals surface area contributed by atoms with Crippen LogP contribution in [-0.2, 0) is 11.2 Å². The molecule has 6 heteroatoms. The van der Waals surface area contributed by atoms with Crippen LogP contribution >= 0.6 is 0 Å². The Bertz CT molecular complexity index is 516. The van der Waals surface area contributed by atoms with Gasteiger partial charge in [0, 0.05) is 19.4 Å². The molecule has 2 aromatic heterocycles. The van der Waals surface area contributed by atoms with Crippen molar-refractivity contribution in [1.29, 1.82) is 0 Å². The first-order chi connectivity index (χ1) is 8.79. The van der Waals surface area contributed by atoms with Gasteiger partial charge in [0.2, 0.25) is 17.6 Å². The minimum Gasteiger partial charge on any atom is -0.461 e. The van der Waals surface area contributed by atoms with Gasteiger partial charge in [-0.25, -0.2) is 0 Å². The topological polar surface area (TPSA) is 81.2 Å². The molecule has 18 heavy (non-hydrogen) atoms. The number of aryl methyl sites for hydroxylation is 1. The number of nitrogens with zero attached hydrogens (tertiary/aromatic N) is 2. The lowest BCUT2D eigenvalue weighted by atomic mass is 10.3. The Morgan fingerprint density at radius 2 is 2.44 bits per heavy atom. The summed E-state index contributed by atoms with van der Waals surface area (Å²) in [6.45, 7) is 3.98. The van der Waals surface area contributed by atoms with Crippen LogP contribution in [0.15, 0.2) is 40.0 Å². The zero-order chi connectivity index (χ0) is 12.8. The molecule has 2 rings (SSSR count). The van der Waals surface area contributed by atoms with E-state index < -0.39 is 0 Å². The van der Waals surface area contributed by atoms with Gasteiger partial charge in [0.25, 0.3) is 0 Å². The summed E-state index contributed by atoms with van der Waals surface area (Å²) in [5, 5.41) is 6.44. The van der Waals surface area contributed by atoms with Gasteiger partial charge in [-0.2, -0.15) is 4.98 Å². The van der Waals surface area contributed by atoms with Crippen LogP contribution in [0.1, 0.15) is 12.3 Å². The summed E-state index contributed by atoms with van der Waals surface area (Å²) >= 11 is 0. The van der Waals surface area contributed by atoms with Crippen LogP contribution in [0.25, 0.3) is 11.6 Å². The van der Waals surface area contributed by atoms with E-state index in [-0.39, 0.29) is 5.91 Å². The summed E-state index contributed by atoms with van der Waals surface area (Å²) in [7, 11) is 0. The molecule has 0 spiro atoms. The number of furan rings is 1. The molecule has 0 fully saturated rings. The molecule has 0 atom stereocenters. The van der Waals surface area contributed by atoms with Crippen molar-refractivity contribution in [2.24, 2.45) is 0 Å². The number of carbonyl (C=O) groups excluding carboxylic acids is 1. The molecule has 0 unspecified atom stereocenters. The van der Waals surface area contributed by atoms with Crippen molar-refractivity contribution in [2.45, 2.75) is 12.8 Å². The van der Waals surface area contributed by atoms with Crippen molar-refractivity contribution < 1.29 is 13.7 Å². The molecule has 0 saturated heterocycles. The standard InChI is InChI=1S/C12H13N3O3/c1-2-7-13-10(16)5-6-11-14-12(15-18-11)9-4-3-8-17-9/h2-4,8H,1,5-7H2,(H,13,16). The van der Waals surface area contributed by atoms with Crippen molar-refractivity contribution in [3.63, 3.8) is 0 Å². The fourth-order valence-corrected chi connectivity index (χ4v) is 1.36. The molecule has 0 aliphatic heterocycles. The Kier molecular flexibility index (Phi) is 3.90. The van der Waals surface area contributed by atoms with Crippen molar-refractivity contribution in [3.05, 3.63) is 36.9 Å². The van der Waals surface area contributed by atoms with Crippen molar-refractivity contribution in [1.82, 2.24) is 15.5 Å². The summed E-state index contributed by atoms with van der Waals surface area (Å²) in [6.07, 6.45) is 3.86. The number of hydrogen-bond acceptors (Lipinski definition) is 5. The summed E-state index contributed by atoms with van der Waals surface area (Å²) in [4.78, 5) is 15.5. The van der Waals surface area contributed by atoms with E-state index in [1.165, 1.54) is 6.26 Å². The van der Waals surface area contributed by atoms with Gasteiger partial charge in [-0.1, -0.05) is 11.2 Å². The van der Waals surface area contributed by atoms with Gasteiger partial charge < -0.3 is 14.3 Å². The molecule has 0 saturated carbocycles. The lowest BCUT2D eigenvalue weighted by Crippen LogP contribution is -2.23.